The summed E-state index contributed by atoms with van der Waals surface area (Å²) in [5.41, 5.74) is 7.31. The van der Waals surface area contributed by atoms with Crippen LogP contribution in [0.25, 0.3) is 10.9 Å². The van der Waals surface area contributed by atoms with Crippen LogP contribution in [0, 0.1) is 0 Å². The molecule has 0 unspecified atom stereocenters. The summed E-state index contributed by atoms with van der Waals surface area (Å²) in [5.74, 6) is 0.766. The number of nitrogens with two attached hydrogens (primary N) is 1. The Bertz CT molecular complexity index is 626. The highest BCUT2D eigenvalue weighted by Crippen LogP contribution is 2.24. The molecular weight excluding hydrogens is 254 g/mol. The number of fused-ring (bicyclic) bond motifs is 1. The molecule has 0 atom stereocenters. The largest absolute Gasteiger partial charge is 0.399 e. The maximum Gasteiger partial charge on any atom is 0.241 e. The van der Waals surface area contributed by atoms with E-state index in [1.807, 2.05) is 24.0 Å². The number of amides is 1. The summed E-state index contributed by atoms with van der Waals surface area (Å²) in [4.78, 5) is 23.9. The highest BCUT2D eigenvalue weighted by molar-refractivity contribution is 5.93. The highest BCUT2D eigenvalue weighted by Gasteiger charge is 2.15. The molecule has 2 N–H and O–H groups in total. The lowest BCUT2D eigenvalue weighted by atomic mass is 10.2. The van der Waals surface area contributed by atoms with Gasteiger partial charge in [-0.15, -0.1) is 0 Å². The molecule has 0 aliphatic rings. The second-order valence-corrected chi connectivity index (χ2v) is 4.78. The Morgan fingerprint density at radius 1 is 1.30 bits per heavy atom. The van der Waals surface area contributed by atoms with Gasteiger partial charge in [-0.25, -0.2) is 9.97 Å². The summed E-state index contributed by atoms with van der Waals surface area (Å²) < 4.78 is 0. The van der Waals surface area contributed by atoms with Crippen molar-refractivity contribution in [2.45, 2.75) is 6.92 Å². The molecule has 20 heavy (non-hydrogen) atoms. The summed E-state index contributed by atoms with van der Waals surface area (Å²) in [7, 11) is 3.48. The number of benzene rings is 1. The van der Waals surface area contributed by atoms with Gasteiger partial charge in [-0.1, -0.05) is 0 Å². The molecule has 106 valence electrons. The van der Waals surface area contributed by atoms with E-state index in [4.69, 9.17) is 5.73 Å². The molecule has 1 amide bonds. The molecule has 2 aromatic rings. The van der Waals surface area contributed by atoms with Crippen molar-refractivity contribution in [3.63, 3.8) is 0 Å². The van der Waals surface area contributed by atoms with Crippen LogP contribution in [0.15, 0.2) is 24.5 Å². The minimum Gasteiger partial charge on any atom is -0.399 e. The molecule has 2 rings (SSSR count). The first kappa shape index (κ1) is 14.0. The van der Waals surface area contributed by atoms with E-state index in [9.17, 15) is 4.79 Å². The van der Waals surface area contributed by atoms with Crippen molar-refractivity contribution in [3.05, 3.63) is 24.5 Å². The van der Waals surface area contributed by atoms with Crippen LogP contribution in [0.1, 0.15) is 6.92 Å². The Hall–Kier alpha value is -2.37. The van der Waals surface area contributed by atoms with Crippen molar-refractivity contribution < 1.29 is 4.79 Å². The van der Waals surface area contributed by atoms with Crippen LogP contribution in [0.3, 0.4) is 0 Å². The third-order valence-corrected chi connectivity index (χ3v) is 3.14. The van der Waals surface area contributed by atoms with Crippen molar-refractivity contribution in [1.29, 1.82) is 0 Å². The Morgan fingerprint density at radius 2 is 2.05 bits per heavy atom. The van der Waals surface area contributed by atoms with Crippen molar-refractivity contribution in [2.24, 2.45) is 0 Å². The fourth-order valence-corrected chi connectivity index (χ4v) is 1.95. The maximum absolute atomic E-state index is 11.9. The van der Waals surface area contributed by atoms with Crippen molar-refractivity contribution in [1.82, 2.24) is 14.9 Å². The molecule has 1 heterocycles. The maximum atomic E-state index is 11.9. The van der Waals surface area contributed by atoms with Crippen LogP contribution in [-0.2, 0) is 4.79 Å². The van der Waals surface area contributed by atoms with E-state index >= 15 is 0 Å². The van der Waals surface area contributed by atoms with Crippen molar-refractivity contribution in [2.75, 3.05) is 37.8 Å². The number of nitrogens with zero attached hydrogens (tertiary/aromatic N) is 4. The molecule has 1 aromatic heterocycles. The van der Waals surface area contributed by atoms with Gasteiger partial charge in [0.05, 0.1) is 12.1 Å². The van der Waals surface area contributed by atoms with Crippen LogP contribution in [0.2, 0.25) is 0 Å². The van der Waals surface area contributed by atoms with Gasteiger partial charge >= 0.3 is 0 Å². The zero-order chi connectivity index (χ0) is 14.7. The fraction of sp³-hybridized carbons (Fsp3) is 0.357. The SMILES string of the molecule is CCN(CC(=O)N(C)C)c1ncnc2ccc(N)cc12. The van der Waals surface area contributed by atoms with Gasteiger partial charge in [-0.3, -0.25) is 4.79 Å². The van der Waals surface area contributed by atoms with E-state index in [1.54, 1.807) is 25.1 Å². The Labute approximate surface area is 118 Å². The van der Waals surface area contributed by atoms with Crippen LogP contribution in [0.5, 0.6) is 0 Å². The van der Waals surface area contributed by atoms with Gasteiger partial charge in [0.2, 0.25) is 5.91 Å². The standard InChI is InChI=1S/C14H19N5O/c1-4-19(8-13(20)18(2)3)14-11-7-10(15)5-6-12(11)16-9-17-14/h5-7,9H,4,8,15H2,1-3H3. The lowest BCUT2D eigenvalue weighted by Crippen LogP contribution is -2.37. The zero-order valence-corrected chi connectivity index (χ0v) is 12.0. The number of anilines is 2. The number of rotatable bonds is 4. The zero-order valence-electron chi connectivity index (χ0n) is 12.0. The molecule has 0 saturated carbocycles. The van der Waals surface area contributed by atoms with E-state index in [1.165, 1.54) is 6.33 Å². The normalized spacial score (nSPS) is 10.6. The molecule has 0 radical (unpaired) electrons. The molecule has 6 nitrogen and oxygen atoms in total. The number of hydrogen-bond acceptors (Lipinski definition) is 5. The predicted molar refractivity (Wildman–Crippen MR) is 80.5 cm³/mol. The molecule has 0 spiro atoms. The third kappa shape index (κ3) is 2.79. The van der Waals surface area contributed by atoms with Gasteiger partial charge in [0.1, 0.15) is 12.1 Å². The predicted octanol–water partition coefficient (Wildman–Crippen LogP) is 1.13. The van der Waals surface area contributed by atoms with E-state index in [0.29, 0.717) is 12.2 Å². The number of aromatic nitrogens is 2. The number of carbonyl (C=O) groups is 1. The molecule has 6 heteroatoms. The first-order chi connectivity index (χ1) is 9.52. The van der Waals surface area contributed by atoms with Gasteiger partial charge in [0.15, 0.2) is 0 Å². The summed E-state index contributed by atoms with van der Waals surface area (Å²) in [6.07, 6.45) is 1.51. The van der Waals surface area contributed by atoms with Crippen LogP contribution in [0.4, 0.5) is 11.5 Å². The molecule has 0 saturated heterocycles. The van der Waals surface area contributed by atoms with Crippen LogP contribution >= 0.6 is 0 Å². The quantitative estimate of drug-likeness (QED) is 0.845. The average Bonchev–Trinajstić information content (AvgIpc) is 2.43. The molecule has 0 fully saturated rings. The summed E-state index contributed by atoms with van der Waals surface area (Å²) in [5, 5.41) is 0.862. The topological polar surface area (TPSA) is 75.4 Å². The minimum absolute atomic E-state index is 0.0301. The monoisotopic (exact) mass is 273 g/mol. The number of carbonyl (C=O) groups excluding carboxylic acids is 1. The van der Waals surface area contributed by atoms with Crippen LogP contribution in [-0.4, -0.2) is 48.0 Å². The Kier molecular flexibility index (Phi) is 4.02. The second-order valence-electron chi connectivity index (χ2n) is 4.78. The van der Waals surface area contributed by atoms with Gasteiger partial charge < -0.3 is 15.5 Å². The molecule has 0 aliphatic carbocycles. The molecular formula is C14H19N5O. The lowest BCUT2D eigenvalue weighted by Gasteiger charge is -2.24. The summed E-state index contributed by atoms with van der Waals surface area (Å²) >= 11 is 0. The summed E-state index contributed by atoms with van der Waals surface area (Å²) in [6, 6.07) is 5.51. The van der Waals surface area contributed by atoms with E-state index in [2.05, 4.69) is 9.97 Å². The smallest absolute Gasteiger partial charge is 0.241 e. The number of hydrogen-bond donors (Lipinski definition) is 1. The fourth-order valence-electron chi connectivity index (χ4n) is 1.95. The van der Waals surface area contributed by atoms with Crippen molar-refractivity contribution >= 4 is 28.3 Å². The first-order valence-electron chi connectivity index (χ1n) is 6.48. The lowest BCUT2D eigenvalue weighted by molar-refractivity contribution is -0.127. The Morgan fingerprint density at radius 3 is 2.70 bits per heavy atom. The minimum atomic E-state index is 0.0301. The first-order valence-corrected chi connectivity index (χ1v) is 6.48. The van der Waals surface area contributed by atoms with E-state index in [0.717, 1.165) is 16.7 Å². The molecule has 0 aliphatic heterocycles. The van der Waals surface area contributed by atoms with Crippen LogP contribution < -0.4 is 10.6 Å². The highest BCUT2D eigenvalue weighted by atomic mass is 16.2. The second kappa shape index (κ2) is 5.73. The van der Waals surface area contributed by atoms with Crippen molar-refractivity contribution in [3.8, 4) is 0 Å². The van der Waals surface area contributed by atoms with Gasteiger partial charge in [-0.05, 0) is 25.1 Å². The van der Waals surface area contributed by atoms with Gasteiger partial charge in [0.25, 0.3) is 0 Å². The molecule has 1 aromatic carbocycles. The number of nitrogen functional groups attached to an aromatic ring is 1. The number of likely N-dealkylation sites (N-methyl/N-ethyl adjacent to an activating group) is 2. The van der Waals surface area contributed by atoms with E-state index in [-0.39, 0.29) is 12.5 Å². The average molecular weight is 273 g/mol. The third-order valence-electron chi connectivity index (χ3n) is 3.14. The molecule has 0 bridgehead atoms. The Balaban J connectivity index is 2.44. The van der Waals surface area contributed by atoms with E-state index < -0.39 is 0 Å². The van der Waals surface area contributed by atoms with Gasteiger partial charge in [0, 0.05) is 31.7 Å². The van der Waals surface area contributed by atoms with Gasteiger partial charge in [-0.2, -0.15) is 0 Å². The summed E-state index contributed by atoms with van der Waals surface area (Å²) in [6.45, 7) is 2.95.